The largest absolute Gasteiger partial charge is 0.379 e. The molecule has 2 fully saturated rings. The molecule has 1 aromatic heterocycles. The maximum Gasteiger partial charge on any atom is 0.250 e. The fourth-order valence-corrected chi connectivity index (χ4v) is 4.38. The minimum Gasteiger partial charge on any atom is -0.379 e. The Morgan fingerprint density at radius 2 is 1.96 bits per heavy atom. The zero-order valence-corrected chi connectivity index (χ0v) is 15.8. The van der Waals surface area contributed by atoms with Gasteiger partial charge in [-0.25, -0.2) is 0 Å². The molecule has 4 rings (SSSR count). The Morgan fingerprint density at radius 1 is 1.11 bits per heavy atom. The van der Waals surface area contributed by atoms with Crippen molar-refractivity contribution in [3.8, 4) is 0 Å². The van der Waals surface area contributed by atoms with Gasteiger partial charge >= 0.3 is 0 Å². The minimum absolute atomic E-state index is 0.0378. The van der Waals surface area contributed by atoms with Gasteiger partial charge in [0.25, 0.3) is 5.56 Å². The van der Waals surface area contributed by atoms with Crippen molar-refractivity contribution in [3.05, 3.63) is 70.1 Å². The summed E-state index contributed by atoms with van der Waals surface area (Å²) in [5, 5.41) is 7.40. The maximum atomic E-state index is 11.8. The lowest BCUT2D eigenvalue weighted by atomic mass is 9.94. The first-order valence-corrected chi connectivity index (χ1v) is 10.1. The van der Waals surface area contributed by atoms with Crippen molar-refractivity contribution in [3.63, 3.8) is 0 Å². The monoisotopic (exact) mass is 367 g/mol. The Labute approximate surface area is 160 Å². The Hall–Kier alpha value is -1.95. The molecule has 2 aromatic rings. The number of hydrogen-bond acceptors (Lipinski definition) is 4. The molecule has 0 spiro atoms. The summed E-state index contributed by atoms with van der Waals surface area (Å²) in [5.74, 6) is 0.662. The van der Waals surface area contributed by atoms with E-state index in [2.05, 4.69) is 34.9 Å². The second-order valence-electron chi connectivity index (χ2n) is 7.70. The molecule has 1 saturated carbocycles. The van der Waals surface area contributed by atoms with Crippen LogP contribution in [0.1, 0.15) is 30.4 Å². The van der Waals surface area contributed by atoms with Gasteiger partial charge in [0.05, 0.1) is 19.8 Å². The van der Waals surface area contributed by atoms with Gasteiger partial charge in [-0.2, -0.15) is 0 Å². The van der Waals surface area contributed by atoms with E-state index >= 15 is 0 Å². The van der Waals surface area contributed by atoms with Gasteiger partial charge in [0, 0.05) is 37.4 Å². The normalized spacial score (nSPS) is 25.6. The number of ether oxygens (including phenoxy) is 1. The SMILES string of the molecule is O=c1ccccn1Cc1ccc(CNC2CCCC2C2COCCN2)cc1. The first-order valence-electron chi connectivity index (χ1n) is 10.1. The Kier molecular flexibility index (Phi) is 6.02. The molecule has 0 amide bonds. The van der Waals surface area contributed by atoms with Crippen molar-refractivity contribution in [2.75, 3.05) is 19.8 Å². The molecule has 2 N–H and O–H groups in total. The molecule has 2 heterocycles. The zero-order valence-electron chi connectivity index (χ0n) is 15.8. The average molecular weight is 367 g/mol. The Balaban J connectivity index is 1.32. The summed E-state index contributed by atoms with van der Waals surface area (Å²) in [7, 11) is 0. The van der Waals surface area contributed by atoms with Crippen molar-refractivity contribution in [2.24, 2.45) is 5.92 Å². The van der Waals surface area contributed by atoms with Crippen LogP contribution < -0.4 is 16.2 Å². The van der Waals surface area contributed by atoms with Crippen molar-refractivity contribution in [1.29, 1.82) is 0 Å². The standard InChI is InChI=1S/C22H29N3O2/c26-22-6-1-2-12-25(22)15-18-9-7-17(8-10-18)14-24-20-5-3-4-19(20)21-16-27-13-11-23-21/h1-2,6-10,12,19-21,23-24H,3-5,11,13-16H2. The van der Waals surface area contributed by atoms with Crippen molar-refractivity contribution in [1.82, 2.24) is 15.2 Å². The van der Waals surface area contributed by atoms with Crippen LogP contribution in [0.2, 0.25) is 0 Å². The van der Waals surface area contributed by atoms with Gasteiger partial charge in [-0.3, -0.25) is 4.79 Å². The molecule has 1 aromatic carbocycles. The highest BCUT2D eigenvalue weighted by Crippen LogP contribution is 2.29. The number of morpholine rings is 1. The van der Waals surface area contributed by atoms with E-state index in [9.17, 15) is 4.79 Å². The number of pyridine rings is 1. The molecular weight excluding hydrogens is 338 g/mol. The molecular formula is C22H29N3O2. The summed E-state index contributed by atoms with van der Waals surface area (Å²) in [4.78, 5) is 11.8. The number of nitrogens with one attached hydrogen (secondary N) is 2. The summed E-state index contributed by atoms with van der Waals surface area (Å²) in [6.07, 6.45) is 5.66. The van der Waals surface area contributed by atoms with Crippen LogP contribution in [0.5, 0.6) is 0 Å². The molecule has 1 aliphatic carbocycles. The van der Waals surface area contributed by atoms with Gasteiger partial charge in [0.2, 0.25) is 0 Å². The third kappa shape index (κ3) is 4.67. The van der Waals surface area contributed by atoms with Crippen LogP contribution in [0, 0.1) is 5.92 Å². The quantitative estimate of drug-likeness (QED) is 0.821. The van der Waals surface area contributed by atoms with Gasteiger partial charge < -0.3 is 19.9 Å². The molecule has 3 unspecified atom stereocenters. The molecule has 2 aliphatic rings. The van der Waals surface area contributed by atoms with Crippen LogP contribution in [0.4, 0.5) is 0 Å². The highest BCUT2D eigenvalue weighted by atomic mass is 16.5. The third-order valence-corrected chi connectivity index (χ3v) is 5.88. The molecule has 5 nitrogen and oxygen atoms in total. The fourth-order valence-electron chi connectivity index (χ4n) is 4.38. The van der Waals surface area contributed by atoms with Gasteiger partial charge in [-0.15, -0.1) is 0 Å². The first kappa shape index (κ1) is 18.4. The summed E-state index contributed by atoms with van der Waals surface area (Å²) >= 11 is 0. The fraction of sp³-hybridized carbons (Fsp3) is 0.500. The molecule has 0 bridgehead atoms. The Bertz CT molecular complexity index is 781. The number of hydrogen-bond donors (Lipinski definition) is 2. The van der Waals surface area contributed by atoms with Gasteiger partial charge in [0.1, 0.15) is 0 Å². The topological polar surface area (TPSA) is 55.3 Å². The highest BCUT2D eigenvalue weighted by molar-refractivity contribution is 5.23. The second-order valence-corrected chi connectivity index (χ2v) is 7.70. The van der Waals surface area contributed by atoms with E-state index in [1.54, 1.807) is 16.7 Å². The third-order valence-electron chi connectivity index (χ3n) is 5.88. The molecule has 144 valence electrons. The Morgan fingerprint density at radius 3 is 2.74 bits per heavy atom. The molecule has 3 atom stereocenters. The number of benzene rings is 1. The lowest BCUT2D eigenvalue weighted by Crippen LogP contribution is -2.50. The lowest BCUT2D eigenvalue weighted by Gasteiger charge is -2.33. The van der Waals surface area contributed by atoms with E-state index in [-0.39, 0.29) is 5.56 Å². The zero-order chi connectivity index (χ0) is 18.5. The first-order chi connectivity index (χ1) is 13.3. The summed E-state index contributed by atoms with van der Waals surface area (Å²) < 4.78 is 7.39. The average Bonchev–Trinajstić information content (AvgIpc) is 3.18. The van der Waals surface area contributed by atoms with Crippen LogP contribution >= 0.6 is 0 Å². The highest BCUT2D eigenvalue weighted by Gasteiger charge is 2.34. The van der Waals surface area contributed by atoms with E-state index in [0.717, 1.165) is 31.9 Å². The molecule has 0 radical (unpaired) electrons. The minimum atomic E-state index is 0.0378. The smallest absolute Gasteiger partial charge is 0.250 e. The maximum absolute atomic E-state index is 11.8. The van der Waals surface area contributed by atoms with Crippen LogP contribution in [-0.4, -0.2) is 36.4 Å². The second kappa shape index (κ2) is 8.83. The summed E-state index contributed by atoms with van der Waals surface area (Å²) in [6.45, 7) is 4.16. The van der Waals surface area contributed by atoms with E-state index in [1.165, 1.54) is 24.8 Å². The van der Waals surface area contributed by atoms with E-state index < -0.39 is 0 Å². The summed E-state index contributed by atoms with van der Waals surface area (Å²) in [5.41, 5.74) is 2.47. The van der Waals surface area contributed by atoms with Gasteiger partial charge in [0.15, 0.2) is 0 Å². The van der Waals surface area contributed by atoms with Crippen LogP contribution in [0.15, 0.2) is 53.5 Å². The summed E-state index contributed by atoms with van der Waals surface area (Å²) in [6, 6.07) is 14.9. The van der Waals surface area contributed by atoms with E-state index in [4.69, 9.17) is 4.74 Å². The van der Waals surface area contributed by atoms with E-state index in [1.807, 2.05) is 12.3 Å². The molecule has 5 heteroatoms. The predicted octanol–water partition coefficient (Wildman–Crippen LogP) is 2.14. The van der Waals surface area contributed by atoms with Crippen LogP contribution in [-0.2, 0) is 17.8 Å². The van der Waals surface area contributed by atoms with Crippen molar-refractivity contribution < 1.29 is 4.74 Å². The van der Waals surface area contributed by atoms with Crippen molar-refractivity contribution >= 4 is 0 Å². The number of nitrogens with zero attached hydrogens (tertiary/aromatic N) is 1. The lowest BCUT2D eigenvalue weighted by molar-refractivity contribution is 0.0524. The van der Waals surface area contributed by atoms with Crippen LogP contribution in [0.25, 0.3) is 0 Å². The van der Waals surface area contributed by atoms with Crippen LogP contribution in [0.3, 0.4) is 0 Å². The van der Waals surface area contributed by atoms with Gasteiger partial charge in [-0.1, -0.05) is 36.8 Å². The van der Waals surface area contributed by atoms with Crippen molar-refractivity contribution in [2.45, 2.75) is 44.4 Å². The van der Waals surface area contributed by atoms with E-state index in [0.29, 0.717) is 24.5 Å². The molecule has 27 heavy (non-hydrogen) atoms. The predicted molar refractivity (Wildman–Crippen MR) is 107 cm³/mol. The molecule has 1 saturated heterocycles. The van der Waals surface area contributed by atoms with Gasteiger partial charge in [-0.05, 0) is 36.0 Å². The molecule has 1 aliphatic heterocycles. The number of aromatic nitrogens is 1. The number of rotatable bonds is 6.